The summed E-state index contributed by atoms with van der Waals surface area (Å²) in [6.07, 6.45) is 6.55. The van der Waals surface area contributed by atoms with Crippen molar-refractivity contribution in [3.05, 3.63) is 41.5 Å². The monoisotopic (exact) mass is 463 g/mol. The van der Waals surface area contributed by atoms with Crippen molar-refractivity contribution in [3.63, 3.8) is 0 Å². The second-order valence-corrected chi connectivity index (χ2v) is 7.57. The van der Waals surface area contributed by atoms with Crippen molar-refractivity contribution >= 4 is 35.5 Å². The maximum atomic E-state index is 10.3. The summed E-state index contributed by atoms with van der Waals surface area (Å²) in [5.41, 5.74) is 18.6. The lowest BCUT2D eigenvalue weighted by molar-refractivity contribution is -0.119. The number of hydrogen-bond acceptors (Lipinski definition) is 8. The number of benzene rings is 2. The highest BCUT2D eigenvalue weighted by atomic mass is 32.2. The first kappa shape index (κ1) is 27.0. The van der Waals surface area contributed by atoms with Gasteiger partial charge in [-0.25, -0.2) is 0 Å². The number of rotatable bonds is 10. The first-order chi connectivity index (χ1) is 15.3. The number of carbonyl (C=O) groups is 1. The van der Waals surface area contributed by atoms with Crippen molar-refractivity contribution in [2.24, 2.45) is 11.5 Å². The van der Waals surface area contributed by atoms with E-state index in [4.69, 9.17) is 36.1 Å². The van der Waals surface area contributed by atoms with E-state index in [1.54, 1.807) is 40.2 Å². The molecule has 0 aliphatic carbocycles. The summed E-state index contributed by atoms with van der Waals surface area (Å²) in [5.74, 6) is 2.94. The molecule has 0 radical (unpaired) electrons. The number of thioether (sulfide) groups is 1. The molecule has 0 aliphatic heterocycles. The Morgan fingerprint density at radius 3 is 1.94 bits per heavy atom. The van der Waals surface area contributed by atoms with Gasteiger partial charge < -0.3 is 36.1 Å². The Labute approximate surface area is 194 Å². The van der Waals surface area contributed by atoms with Gasteiger partial charge in [-0.3, -0.25) is 4.79 Å². The highest BCUT2D eigenvalue weighted by molar-refractivity contribution is 7.98. The summed E-state index contributed by atoms with van der Waals surface area (Å²) in [5, 5.41) is 0. The second kappa shape index (κ2) is 14.1. The lowest BCUT2D eigenvalue weighted by Crippen LogP contribution is -2.36. The van der Waals surface area contributed by atoms with E-state index in [1.165, 1.54) is 0 Å². The number of amides is 1. The van der Waals surface area contributed by atoms with E-state index in [-0.39, 0.29) is 0 Å². The number of methoxy groups -OCH3 is 4. The van der Waals surface area contributed by atoms with Crippen LogP contribution in [0.5, 0.6) is 23.0 Å². The SMILES string of the molecule is COc1ccc(/C=C\c2cc(OC)c(OC)c(OC)c2)cc1N.CSCC[C@@H](N)C(N)=O. The van der Waals surface area contributed by atoms with Gasteiger partial charge in [-0.1, -0.05) is 18.2 Å². The minimum Gasteiger partial charge on any atom is -0.495 e. The van der Waals surface area contributed by atoms with Gasteiger partial charge in [0.15, 0.2) is 11.5 Å². The number of anilines is 1. The topological polar surface area (TPSA) is 132 Å². The van der Waals surface area contributed by atoms with Gasteiger partial charge in [-0.15, -0.1) is 0 Å². The van der Waals surface area contributed by atoms with Crippen LogP contribution in [0.3, 0.4) is 0 Å². The van der Waals surface area contributed by atoms with Crippen molar-refractivity contribution in [3.8, 4) is 23.0 Å². The van der Waals surface area contributed by atoms with Crippen LogP contribution in [0.4, 0.5) is 5.69 Å². The molecule has 1 amide bonds. The fourth-order valence-electron chi connectivity index (χ4n) is 2.63. The minimum atomic E-state index is -0.461. The van der Waals surface area contributed by atoms with Crippen molar-refractivity contribution in [2.45, 2.75) is 12.5 Å². The molecule has 32 heavy (non-hydrogen) atoms. The third kappa shape index (κ3) is 8.24. The van der Waals surface area contributed by atoms with E-state index < -0.39 is 11.9 Å². The molecular formula is C23H33N3O5S. The van der Waals surface area contributed by atoms with Gasteiger partial charge in [-0.05, 0) is 53.8 Å². The molecule has 0 fully saturated rings. The molecular weight excluding hydrogens is 430 g/mol. The zero-order valence-corrected chi connectivity index (χ0v) is 20.0. The van der Waals surface area contributed by atoms with Gasteiger partial charge in [0.25, 0.3) is 0 Å². The Kier molecular flexibility index (Phi) is 11.9. The maximum absolute atomic E-state index is 10.3. The molecule has 0 saturated heterocycles. The quantitative estimate of drug-likeness (QED) is 0.362. The molecule has 176 valence electrons. The highest BCUT2D eigenvalue weighted by Gasteiger charge is 2.12. The molecule has 1 atom stereocenters. The Bertz CT molecular complexity index is 880. The minimum absolute atomic E-state index is 0.413. The summed E-state index contributed by atoms with van der Waals surface area (Å²) < 4.78 is 21.2. The average molecular weight is 464 g/mol. The van der Waals surface area contributed by atoms with E-state index in [1.807, 2.05) is 48.7 Å². The third-order valence-corrected chi connectivity index (χ3v) is 5.05. The molecule has 2 aromatic rings. The first-order valence-electron chi connectivity index (χ1n) is 9.76. The van der Waals surface area contributed by atoms with Gasteiger partial charge in [0.2, 0.25) is 11.7 Å². The van der Waals surface area contributed by atoms with Crippen LogP contribution < -0.4 is 36.1 Å². The van der Waals surface area contributed by atoms with Crippen LogP contribution in [-0.2, 0) is 4.79 Å². The number of nitrogen functional groups attached to an aromatic ring is 1. The fraction of sp³-hybridized carbons (Fsp3) is 0.348. The number of hydrogen-bond donors (Lipinski definition) is 3. The van der Waals surface area contributed by atoms with Gasteiger partial charge in [-0.2, -0.15) is 11.8 Å². The van der Waals surface area contributed by atoms with E-state index in [9.17, 15) is 4.79 Å². The molecule has 0 saturated carbocycles. The molecule has 6 N–H and O–H groups in total. The number of ether oxygens (including phenoxy) is 4. The summed E-state index contributed by atoms with van der Waals surface area (Å²) in [6, 6.07) is 8.92. The van der Waals surface area contributed by atoms with E-state index in [0.29, 0.717) is 35.1 Å². The molecule has 0 aliphatic rings. The molecule has 0 unspecified atom stereocenters. The fourth-order valence-corrected chi connectivity index (χ4v) is 3.12. The molecule has 0 spiro atoms. The molecule has 2 aromatic carbocycles. The average Bonchev–Trinajstić information content (AvgIpc) is 2.80. The predicted octanol–water partition coefficient (Wildman–Crippen LogP) is 3.03. The number of carbonyl (C=O) groups excluding carboxylic acids is 1. The van der Waals surface area contributed by atoms with Crippen molar-refractivity contribution < 1.29 is 23.7 Å². The Hall–Kier alpha value is -3.04. The van der Waals surface area contributed by atoms with E-state index >= 15 is 0 Å². The summed E-state index contributed by atoms with van der Waals surface area (Å²) >= 11 is 1.66. The first-order valence-corrected chi connectivity index (χ1v) is 11.2. The van der Waals surface area contributed by atoms with Crippen molar-refractivity contribution in [1.29, 1.82) is 0 Å². The number of nitrogens with two attached hydrogens (primary N) is 3. The zero-order valence-electron chi connectivity index (χ0n) is 19.2. The van der Waals surface area contributed by atoms with Crippen LogP contribution in [0.2, 0.25) is 0 Å². The molecule has 0 aromatic heterocycles. The lowest BCUT2D eigenvalue weighted by atomic mass is 10.1. The Balaban J connectivity index is 0.000000482. The van der Waals surface area contributed by atoms with Crippen LogP contribution >= 0.6 is 11.8 Å². The zero-order chi connectivity index (χ0) is 24.1. The van der Waals surface area contributed by atoms with E-state index in [0.717, 1.165) is 16.9 Å². The van der Waals surface area contributed by atoms with Crippen molar-refractivity contribution in [2.75, 3.05) is 46.2 Å². The largest absolute Gasteiger partial charge is 0.495 e. The molecule has 0 heterocycles. The third-order valence-electron chi connectivity index (χ3n) is 4.41. The smallest absolute Gasteiger partial charge is 0.234 e. The van der Waals surface area contributed by atoms with Gasteiger partial charge in [0.05, 0.1) is 40.2 Å². The maximum Gasteiger partial charge on any atom is 0.234 e. The van der Waals surface area contributed by atoms with Crippen LogP contribution in [0, 0.1) is 0 Å². The van der Waals surface area contributed by atoms with Gasteiger partial charge >= 0.3 is 0 Å². The lowest BCUT2D eigenvalue weighted by Gasteiger charge is -2.12. The predicted molar refractivity (Wildman–Crippen MR) is 133 cm³/mol. The molecule has 9 heteroatoms. The number of primary amides is 1. The van der Waals surface area contributed by atoms with Crippen LogP contribution in [0.15, 0.2) is 30.3 Å². The molecule has 2 rings (SSSR count). The van der Waals surface area contributed by atoms with Gasteiger partial charge in [0, 0.05) is 0 Å². The summed E-state index contributed by atoms with van der Waals surface area (Å²) in [7, 11) is 6.36. The second-order valence-electron chi connectivity index (χ2n) is 6.58. The molecule has 8 nitrogen and oxygen atoms in total. The van der Waals surface area contributed by atoms with Crippen LogP contribution in [0.25, 0.3) is 12.2 Å². The Morgan fingerprint density at radius 2 is 1.50 bits per heavy atom. The summed E-state index contributed by atoms with van der Waals surface area (Å²) in [6.45, 7) is 0. The molecule has 0 bridgehead atoms. The van der Waals surface area contributed by atoms with Crippen LogP contribution in [-0.4, -0.2) is 52.4 Å². The van der Waals surface area contributed by atoms with Crippen molar-refractivity contribution in [1.82, 2.24) is 0 Å². The van der Waals surface area contributed by atoms with Crippen LogP contribution in [0.1, 0.15) is 17.5 Å². The standard InChI is InChI=1S/C18H21NO4.C5H12N2OS/c1-20-15-8-7-12(9-14(15)19)5-6-13-10-16(21-2)18(23-4)17(11-13)22-3;1-9-3-2-4(6)5(7)8/h5-11H,19H2,1-4H3;4H,2-3,6H2,1H3,(H2,7,8)/b6-5-;/t;4-/m.1/s1. The Morgan fingerprint density at radius 1 is 0.938 bits per heavy atom. The summed E-state index contributed by atoms with van der Waals surface area (Å²) in [4.78, 5) is 10.3. The van der Waals surface area contributed by atoms with Gasteiger partial charge in [0.1, 0.15) is 5.75 Å². The highest BCUT2D eigenvalue weighted by Crippen LogP contribution is 2.38. The normalized spacial score (nSPS) is 11.3. The van der Waals surface area contributed by atoms with E-state index in [2.05, 4.69) is 0 Å².